The number of benzene rings is 1. The van der Waals surface area contributed by atoms with Gasteiger partial charge in [-0.05, 0) is 62.9 Å². The molecule has 0 saturated carbocycles. The van der Waals surface area contributed by atoms with Gasteiger partial charge in [0.15, 0.2) is 5.78 Å². The molecule has 28 heavy (non-hydrogen) atoms. The number of ether oxygens (including phenoxy) is 1. The number of allylic oxidation sites excluding steroid dienone is 2. The molecule has 0 atom stereocenters. The van der Waals surface area contributed by atoms with E-state index in [0.29, 0.717) is 17.1 Å². The quantitative estimate of drug-likeness (QED) is 0.445. The molecule has 1 aromatic carbocycles. The molecule has 0 spiro atoms. The molecule has 5 nitrogen and oxygen atoms in total. The lowest BCUT2D eigenvalue weighted by Gasteiger charge is -2.15. The van der Waals surface area contributed by atoms with Crippen LogP contribution in [-0.4, -0.2) is 21.5 Å². The van der Waals surface area contributed by atoms with Crippen LogP contribution in [0.2, 0.25) is 5.02 Å². The van der Waals surface area contributed by atoms with Crippen molar-refractivity contribution in [1.82, 2.24) is 9.78 Å². The Kier molecular flexibility index (Phi) is 7.19. The number of aromatic nitrogens is 2. The van der Waals surface area contributed by atoms with Crippen molar-refractivity contribution in [3.05, 3.63) is 51.2 Å². The molecular formula is C22H27ClN2O3. The number of aryl methyl sites for hydroxylation is 1. The number of rotatable bonds is 7. The van der Waals surface area contributed by atoms with Crippen LogP contribution >= 0.6 is 11.6 Å². The fourth-order valence-electron chi connectivity index (χ4n) is 2.97. The van der Waals surface area contributed by atoms with E-state index in [2.05, 4.69) is 5.10 Å². The zero-order valence-electron chi connectivity index (χ0n) is 17.4. The van der Waals surface area contributed by atoms with Gasteiger partial charge in [-0.3, -0.25) is 9.59 Å². The standard InChI is InChI=1S/C22H27ClN2O3/c1-7-11-25-22(28-19(26)8-2)17(12-24-25)21(27)16-9-10-18(23)20(15(16)6)14(5)13(3)4/h9-10,12H,7-8,11H2,1-6H3. The summed E-state index contributed by atoms with van der Waals surface area (Å²) in [5.41, 5.74) is 4.62. The van der Waals surface area contributed by atoms with Gasteiger partial charge >= 0.3 is 5.97 Å². The topological polar surface area (TPSA) is 61.2 Å². The molecule has 150 valence electrons. The molecule has 0 amide bonds. The highest BCUT2D eigenvalue weighted by Crippen LogP contribution is 2.33. The van der Waals surface area contributed by atoms with Gasteiger partial charge < -0.3 is 4.74 Å². The number of carbonyl (C=O) groups excluding carboxylic acids is 2. The van der Waals surface area contributed by atoms with Crippen molar-refractivity contribution in [2.24, 2.45) is 0 Å². The van der Waals surface area contributed by atoms with Crippen LogP contribution in [0.15, 0.2) is 23.9 Å². The van der Waals surface area contributed by atoms with E-state index < -0.39 is 5.97 Å². The third-order valence-corrected chi connectivity index (χ3v) is 5.07. The second-order valence-corrected chi connectivity index (χ2v) is 7.37. The van der Waals surface area contributed by atoms with Crippen LogP contribution in [0.1, 0.15) is 74.5 Å². The number of esters is 1. The molecule has 0 unspecified atom stereocenters. The average molecular weight is 403 g/mol. The lowest BCUT2D eigenvalue weighted by atomic mass is 9.92. The zero-order valence-corrected chi connectivity index (χ0v) is 18.1. The molecule has 2 rings (SSSR count). The Labute approximate surface area is 171 Å². The van der Waals surface area contributed by atoms with Crippen molar-refractivity contribution in [1.29, 1.82) is 0 Å². The van der Waals surface area contributed by atoms with E-state index in [9.17, 15) is 9.59 Å². The van der Waals surface area contributed by atoms with Crippen LogP contribution in [0.5, 0.6) is 5.88 Å². The van der Waals surface area contributed by atoms with E-state index in [1.807, 2.05) is 34.6 Å². The van der Waals surface area contributed by atoms with Crippen LogP contribution in [0.25, 0.3) is 5.57 Å². The first-order valence-corrected chi connectivity index (χ1v) is 9.85. The molecule has 6 heteroatoms. The van der Waals surface area contributed by atoms with Crippen molar-refractivity contribution in [2.45, 2.75) is 60.9 Å². The normalized spacial score (nSPS) is 10.7. The Balaban J connectivity index is 2.60. The summed E-state index contributed by atoms with van der Waals surface area (Å²) >= 11 is 6.42. The van der Waals surface area contributed by atoms with E-state index in [1.54, 1.807) is 23.7 Å². The summed E-state index contributed by atoms with van der Waals surface area (Å²) in [4.78, 5) is 25.2. The lowest BCUT2D eigenvalue weighted by Crippen LogP contribution is -2.14. The van der Waals surface area contributed by atoms with Crippen molar-refractivity contribution in [3.8, 4) is 5.88 Å². The van der Waals surface area contributed by atoms with Gasteiger partial charge in [0.1, 0.15) is 5.56 Å². The zero-order chi connectivity index (χ0) is 21.0. The number of halogens is 1. The first-order chi connectivity index (χ1) is 13.2. The summed E-state index contributed by atoms with van der Waals surface area (Å²) in [6.07, 6.45) is 2.49. The van der Waals surface area contributed by atoms with Gasteiger partial charge in [-0.2, -0.15) is 5.10 Å². The summed E-state index contributed by atoms with van der Waals surface area (Å²) in [6.45, 7) is 12.2. The summed E-state index contributed by atoms with van der Waals surface area (Å²) in [6, 6.07) is 3.45. The van der Waals surface area contributed by atoms with Crippen LogP contribution in [-0.2, 0) is 11.3 Å². The van der Waals surface area contributed by atoms with Gasteiger partial charge in [0.2, 0.25) is 5.88 Å². The van der Waals surface area contributed by atoms with Crippen molar-refractivity contribution in [2.75, 3.05) is 0 Å². The molecule has 0 aliphatic carbocycles. The highest BCUT2D eigenvalue weighted by Gasteiger charge is 2.25. The minimum absolute atomic E-state index is 0.202. The maximum absolute atomic E-state index is 13.3. The molecule has 0 fully saturated rings. The van der Waals surface area contributed by atoms with Gasteiger partial charge in [-0.15, -0.1) is 0 Å². The second kappa shape index (κ2) is 9.20. The van der Waals surface area contributed by atoms with E-state index in [-0.39, 0.29) is 23.6 Å². The third-order valence-electron chi connectivity index (χ3n) is 4.75. The summed E-state index contributed by atoms with van der Waals surface area (Å²) in [5, 5.41) is 4.86. The molecule has 0 aliphatic rings. The Morgan fingerprint density at radius 2 is 1.82 bits per heavy atom. The SMILES string of the molecule is CCCn1ncc(C(=O)c2ccc(Cl)c(C(C)=C(C)C)c2C)c1OC(=O)CC. The largest absolute Gasteiger partial charge is 0.407 e. The van der Waals surface area contributed by atoms with Crippen molar-refractivity contribution >= 4 is 28.9 Å². The van der Waals surface area contributed by atoms with Crippen LogP contribution in [0, 0.1) is 6.92 Å². The number of nitrogens with zero attached hydrogens (tertiary/aromatic N) is 2. The molecule has 0 aliphatic heterocycles. The van der Waals surface area contributed by atoms with Crippen LogP contribution in [0.3, 0.4) is 0 Å². The number of carbonyl (C=O) groups is 2. The Morgan fingerprint density at radius 1 is 1.14 bits per heavy atom. The van der Waals surface area contributed by atoms with E-state index in [4.69, 9.17) is 16.3 Å². The minimum atomic E-state index is -0.402. The number of hydrogen-bond acceptors (Lipinski definition) is 4. The van der Waals surface area contributed by atoms with Crippen molar-refractivity contribution < 1.29 is 14.3 Å². The highest BCUT2D eigenvalue weighted by atomic mass is 35.5. The summed E-state index contributed by atoms with van der Waals surface area (Å²) in [5.74, 6) is -0.437. The van der Waals surface area contributed by atoms with Gasteiger partial charge in [-0.25, -0.2) is 4.68 Å². The predicted molar refractivity (Wildman–Crippen MR) is 112 cm³/mol. The van der Waals surface area contributed by atoms with E-state index >= 15 is 0 Å². The minimum Gasteiger partial charge on any atom is -0.407 e. The fraction of sp³-hybridized carbons (Fsp3) is 0.409. The predicted octanol–water partition coefficient (Wildman–Crippen LogP) is 5.61. The van der Waals surface area contributed by atoms with Crippen molar-refractivity contribution in [3.63, 3.8) is 0 Å². The number of hydrogen-bond donors (Lipinski definition) is 0. The Hall–Kier alpha value is -2.40. The van der Waals surface area contributed by atoms with Gasteiger partial charge in [0.25, 0.3) is 0 Å². The summed E-state index contributed by atoms with van der Waals surface area (Å²) < 4.78 is 7.01. The molecule has 0 N–H and O–H groups in total. The molecule has 1 aromatic heterocycles. The second-order valence-electron chi connectivity index (χ2n) is 6.96. The monoisotopic (exact) mass is 402 g/mol. The van der Waals surface area contributed by atoms with E-state index in [1.165, 1.54) is 6.20 Å². The lowest BCUT2D eigenvalue weighted by molar-refractivity contribution is -0.134. The third kappa shape index (κ3) is 4.36. The average Bonchev–Trinajstić information content (AvgIpc) is 3.03. The first kappa shape index (κ1) is 21.9. The van der Waals surface area contributed by atoms with E-state index in [0.717, 1.165) is 28.7 Å². The molecule has 1 heterocycles. The highest BCUT2D eigenvalue weighted by molar-refractivity contribution is 6.32. The van der Waals surface area contributed by atoms with Crippen LogP contribution < -0.4 is 4.74 Å². The van der Waals surface area contributed by atoms with Gasteiger partial charge in [-0.1, -0.05) is 31.0 Å². The Bertz CT molecular complexity index is 937. The Morgan fingerprint density at radius 3 is 2.39 bits per heavy atom. The number of ketones is 1. The first-order valence-electron chi connectivity index (χ1n) is 9.47. The fourth-order valence-corrected chi connectivity index (χ4v) is 3.32. The maximum Gasteiger partial charge on any atom is 0.312 e. The molecule has 0 bridgehead atoms. The maximum atomic E-state index is 13.3. The van der Waals surface area contributed by atoms with Gasteiger partial charge in [0.05, 0.1) is 6.20 Å². The smallest absolute Gasteiger partial charge is 0.312 e. The molecule has 0 saturated heterocycles. The van der Waals surface area contributed by atoms with Gasteiger partial charge in [0, 0.05) is 23.6 Å². The molecule has 2 aromatic rings. The molecular weight excluding hydrogens is 376 g/mol. The summed E-state index contributed by atoms with van der Waals surface area (Å²) in [7, 11) is 0. The van der Waals surface area contributed by atoms with Crippen LogP contribution in [0.4, 0.5) is 0 Å². The molecule has 0 radical (unpaired) electrons.